The molecule has 1 aliphatic carbocycles. The average molecular weight is 306 g/mol. The third-order valence-corrected chi connectivity index (χ3v) is 4.23. The lowest BCUT2D eigenvalue weighted by molar-refractivity contribution is 0.434. The SMILES string of the molecule is CNCC1CCc2nc(-c3ccc(F)cc3Cl)ncc2C1. The highest BCUT2D eigenvalue weighted by Crippen LogP contribution is 2.29. The Bertz CT molecular complexity index is 660. The average Bonchev–Trinajstić information content (AvgIpc) is 2.47. The zero-order chi connectivity index (χ0) is 14.8. The van der Waals surface area contributed by atoms with E-state index >= 15 is 0 Å². The molecule has 0 aliphatic heterocycles. The number of hydrogen-bond donors (Lipinski definition) is 1. The zero-order valence-corrected chi connectivity index (χ0v) is 12.6. The minimum absolute atomic E-state index is 0.346. The van der Waals surface area contributed by atoms with Crippen LogP contribution in [0.4, 0.5) is 4.39 Å². The number of halogens is 2. The molecule has 1 atom stereocenters. The maximum absolute atomic E-state index is 13.1. The maximum atomic E-state index is 13.1. The molecule has 1 aromatic heterocycles. The number of rotatable bonds is 3. The molecule has 110 valence electrons. The van der Waals surface area contributed by atoms with Crippen LogP contribution in [0.2, 0.25) is 5.02 Å². The number of fused-ring (bicyclic) bond motifs is 1. The Kier molecular flexibility index (Phi) is 4.17. The van der Waals surface area contributed by atoms with Gasteiger partial charge in [-0.15, -0.1) is 0 Å². The van der Waals surface area contributed by atoms with Crippen molar-refractivity contribution in [3.8, 4) is 11.4 Å². The van der Waals surface area contributed by atoms with Gasteiger partial charge in [0.2, 0.25) is 0 Å². The van der Waals surface area contributed by atoms with E-state index in [2.05, 4.69) is 15.3 Å². The van der Waals surface area contributed by atoms with Gasteiger partial charge in [0.05, 0.1) is 5.02 Å². The molecule has 0 saturated carbocycles. The van der Waals surface area contributed by atoms with Crippen LogP contribution in [-0.4, -0.2) is 23.6 Å². The van der Waals surface area contributed by atoms with Crippen molar-refractivity contribution < 1.29 is 4.39 Å². The Morgan fingerprint density at radius 1 is 1.43 bits per heavy atom. The molecule has 21 heavy (non-hydrogen) atoms. The monoisotopic (exact) mass is 305 g/mol. The molecule has 0 radical (unpaired) electrons. The fourth-order valence-electron chi connectivity index (χ4n) is 2.85. The highest BCUT2D eigenvalue weighted by atomic mass is 35.5. The molecule has 5 heteroatoms. The van der Waals surface area contributed by atoms with E-state index in [1.807, 2.05) is 13.2 Å². The molecule has 0 saturated heterocycles. The van der Waals surface area contributed by atoms with Gasteiger partial charge in [0.15, 0.2) is 5.82 Å². The van der Waals surface area contributed by atoms with Crippen molar-refractivity contribution in [1.29, 1.82) is 0 Å². The number of aryl methyl sites for hydroxylation is 1. The van der Waals surface area contributed by atoms with Gasteiger partial charge in [-0.2, -0.15) is 0 Å². The predicted molar refractivity (Wildman–Crippen MR) is 81.9 cm³/mol. The van der Waals surface area contributed by atoms with Crippen molar-refractivity contribution >= 4 is 11.6 Å². The lowest BCUT2D eigenvalue weighted by atomic mass is 9.87. The largest absolute Gasteiger partial charge is 0.319 e. The Labute approximate surface area is 128 Å². The first-order valence-corrected chi connectivity index (χ1v) is 7.50. The summed E-state index contributed by atoms with van der Waals surface area (Å²) in [5, 5.41) is 3.57. The van der Waals surface area contributed by atoms with Gasteiger partial charge in [0.25, 0.3) is 0 Å². The van der Waals surface area contributed by atoms with Crippen LogP contribution in [0.1, 0.15) is 17.7 Å². The van der Waals surface area contributed by atoms with Gasteiger partial charge in [0, 0.05) is 17.5 Å². The Morgan fingerprint density at radius 3 is 3.05 bits per heavy atom. The van der Waals surface area contributed by atoms with Gasteiger partial charge in [-0.1, -0.05) is 11.6 Å². The first kappa shape index (κ1) is 14.4. The van der Waals surface area contributed by atoms with Gasteiger partial charge < -0.3 is 5.32 Å². The van der Waals surface area contributed by atoms with E-state index in [0.29, 0.717) is 22.3 Å². The van der Waals surface area contributed by atoms with Crippen molar-refractivity contribution in [2.75, 3.05) is 13.6 Å². The zero-order valence-electron chi connectivity index (χ0n) is 11.9. The summed E-state index contributed by atoms with van der Waals surface area (Å²) in [7, 11) is 1.98. The molecule has 1 unspecified atom stereocenters. The minimum Gasteiger partial charge on any atom is -0.319 e. The summed E-state index contributed by atoms with van der Waals surface area (Å²) in [6.45, 7) is 1.02. The summed E-state index contributed by atoms with van der Waals surface area (Å²) < 4.78 is 13.1. The predicted octanol–water partition coefficient (Wildman–Crippen LogP) is 3.26. The first-order chi connectivity index (χ1) is 10.2. The van der Waals surface area contributed by atoms with Gasteiger partial charge in [-0.05, 0) is 62.5 Å². The standard InChI is InChI=1S/C16H17ClFN3/c1-19-8-10-2-5-15-11(6-10)9-20-16(21-15)13-4-3-12(18)7-14(13)17/h3-4,7,9-10,19H,2,5-6,8H2,1H3. The molecule has 3 nitrogen and oxygen atoms in total. The molecule has 1 heterocycles. The molecule has 1 aliphatic rings. The highest BCUT2D eigenvalue weighted by Gasteiger charge is 2.20. The lowest BCUT2D eigenvalue weighted by Crippen LogP contribution is -2.25. The van der Waals surface area contributed by atoms with Crippen LogP contribution in [0, 0.1) is 11.7 Å². The second-order valence-electron chi connectivity index (χ2n) is 5.46. The Hall–Kier alpha value is -1.52. The van der Waals surface area contributed by atoms with Crippen molar-refractivity contribution in [3.05, 3.63) is 46.5 Å². The van der Waals surface area contributed by atoms with Gasteiger partial charge >= 0.3 is 0 Å². The van der Waals surface area contributed by atoms with E-state index in [9.17, 15) is 4.39 Å². The lowest BCUT2D eigenvalue weighted by Gasteiger charge is -2.23. The second kappa shape index (κ2) is 6.08. The van der Waals surface area contributed by atoms with Crippen LogP contribution in [0.15, 0.2) is 24.4 Å². The number of aromatic nitrogens is 2. The molecular weight excluding hydrogens is 289 g/mol. The van der Waals surface area contributed by atoms with Crippen molar-refractivity contribution in [2.24, 2.45) is 5.92 Å². The fraction of sp³-hybridized carbons (Fsp3) is 0.375. The third-order valence-electron chi connectivity index (χ3n) is 3.92. The minimum atomic E-state index is -0.350. The summed E-state index contributed by atoms with van der Waals surface area (Å²) in [4.78, 5) is 9.04. The molecule has 0 fully saturated rings. The molecule has 0 amide bonds. The topological polar surface area (TPSA) is 37.8 Å². The highest BCUT2D eigenvalue weighted by molar-refractivity contribution is 6.33. The second-order valence-corrected chi connectivity index (χ2v) is 5.86. The van der Waals surface area contributed by atoms with Crippen LogP contribution in [0.3, 0.4) is 0 Å². The Balaban J connectivity index is 1.90. The van der Waals surface area contributed by atoms with E-state index in [-0.39, 0.29) is 5.82 Å². The normalized spacial score (nSPS) is 17.6. The third kappa shape index (κ3) is 3.06. The van der Waals surface area contributed by atoms with Gasteiger partial charge in [-0.3, -0.25) is 0 Å². The van der Waals surface area contributed by atoms with Crippen LogP contribution >= 0.6 is 11.6 Å². The van der Waals surface area contributed by atoms with E-state index in [1.165, 1.54) is 17.7 Å². The number of benzene rings is 1. The molecule has 1 N–H and O–H groups in total. The van der Waals surface area contributed by atoms with Crippen LogP contribution in [0.5, 0.6) is 0 Å². The summed E-state index contributed by atoms with van der Waals surface area (Å²) in [6.07, 6.45) is 4.98. The van der Waals surface area contributed by atoms with Crippen LogP contribution < -0.4 is 5.32 Å². The summed E-state index contributed by atoms with van der Waals surface area (Å²) in [5.41, 5.74) is 2.98. The quantitative estimate of drug-likeness (QED) is 0.946. The number of hydrogen-bond acceptors (Lipinski definition) is 3. The van der Waals surface area contributed by atoms with E-state index in [1.54, 1.807) is 6.07 Å². The van der Waals surface area contributed by atoms with Gasteiger partial charge in [-0.25, -0.2) is 14.4 Å². The van der Waals surface area contributed by atoms with Crippen molar-refractivity contribution in [1.82, 2.24) is 15.3 Å². The van der Waals surface area contributed by atoms with Crippen LogP contribution in [-0.2, 0) is 12.8 Å². The van der Waals surface area contributed by atoms with Crippen molar-refractivity contribution in [2.45, 2.75) is 19.3 Å². The smallest absolute Gasteiger partial charge is 0.160 e. The summed E-state index contributed by atoms with van der Waals surface area (Å²) in [6, 6.07) is 4.31. The van der Waals surface area contributed by atoms with E-state index in [0.717, 1.165) is 31.5 Å². The number of nitrogens with one attached hydrogen (secondary N) is 1. The molecule has 0 bridgehead atoms. The molecule has 3 rings (SSSR count). The number of nitrogens with zero attached hydrogens (tertiary/aromatic N) is 2. The summed E-state index contributed by atoms with van der Waals surface area (Å²) in [5.74, 6) is 0.869. The fourth-order valence-corrected chi connectivity index (χ4v) is 3.10. The molecule has 1 aromatic carbocycles. The van der Waals surface area contributed by atoms with E-state index in [4.69, 9.17) is 11.6 Å². The van der Waals surface area contributed by atoms with Crippen LogP contribution in [0.25, 0.3) is 11.4 Å². The molecular formula is C16H17ClFN3. The van der Waals surface area contributed by atoms with Crippen molar-refractivity contribution in [3.63, 3.8) is 0 Å². The maximum Gasteiger partial charge on any atom is 0.160 e. The van der Waals surface area contributed by atoms with Gasteiger partial charge in [0.1, 0.15) is 5.82 Å². The Morgan fingerprint density at radius 2 is 2.29 bits per heavy atom. The molecule has 0 spiro atoms. The first-order valence-electron chi connectivity index (χ1n) is 7.12. The summed E-state index contributed by atoms with van der Waals surface area (Å²) >= 11 is 6.08. The molecule has 2 aromatic rings. The van der Waals surface area contributed by atoms with E-state index < -0.39 is 0 Å².